The Labute approximate surface area is 156 Å². The molecule has 1 aliphatic rings. The van der Waals surface area contributed by atoms with E-state index >= 15 is 0 Å². The fourth-order valence-electron chi connectivity index (χ4n) is 2.48. The third-order valence-electron chi connectivity index (χ3n) is 4.24. The predicted octanol–water partition coefficient (Wildman–Crippen LogP) is 3.90. The number of aryl methyl sites for hydroxylation is 1. The highest BCUT2D eigenvalue weighted by Crippen LogP contribution is 2.30. The van der Waals surface area contributed by atoms with E-state index in [1.54, 1.807) is 30.3 Å². The Morgan fingerprint density at radius 2 is 1.81 bits per heavy atom. The van der Waals surface area contributed by atoms with Gasteiger partial charge in [0, 0.05) is 35.5 Å². The molecule has 0 aromatic heterocycles. The van der Waals surface area contributed by atoms with E-state index in [1.807, 2.05) is 13.0 Å². The summed E-state index contributed by atoms with van der Waals surface area (Å²) in [6, 6.07) is 11.3. The molecule has 1 fully saturated rings. The number of nitrogens with one attached hydrogen (secondary N) is 2. The van der Waals surface area contributed by atoms with Crippen molar-refractivity contribution in [2.24, 2.45) is 5.92 Å². The second-order valence-corrected chi connectivity index (χ2v) is 6.46. The summed E-state index contributed by atoms with van der Waals surface area (Å²) < 4.78 is 0. The van der Waals surface area contributed by atoms with E-state index in [2.05, 4.69) is 10.6 Å². The van der Waals surface area contributed by atoms with Crippen LogP contribution < -0.4 is 10.6 Å². The number of benzene rings is 2. The molecular formula is C20H19N3O4. The average Bonchev–Trinajstić information content (AvgIpc) is 3.48. The maximum absolute atomic E-state index is 12.2. The van der Waals surface area contributed by atoms with Crippen LogP contribution in [-0.4, -0.2) is 16.7 Å². The van der Waals surface area contributed by atoms with Crippen LogP contribution in [0.5, 0.6) is 0 Å². The first-order valence-electron chi connectivity index (χ1n) is 8.57. The Balaban J connectivity index is 1.64. The van der Waals surface area contributed by atoms with Crippen molar-refractivity contribution in [3.05, 3.63) is 69.8 Å². The zero-order valence-corrected chi connectivity index (χ0v) is 14.8. The normalized spacial score (nSPS) is 13.4. The number of hydrogen-bond donors (Lipinski definition) is 2. The number of anilines is 2. The van der Waals surface area contributed by atoms with Crippen molar-refractivity contribution in [1.82, 2.24) is 0 Å². The van der Waals surface area contributed by atoms with Crippen molar-refractivity contribution in [3.8, 4) is 0 Å². The Morgan fingerprint density at radius 1 is 1.11 bits per heavy atom. The maximum atomic E-state index is 12.2. The van der Waals surface area contributed by atoms with E-state index in [4.69, 9.17) is 0 Å². The number of rotatable bonds is 6. The van der Waals surface area contributed by atoms with Crippen LogP contribution in [0, 0.1) is 23.0 Å². The van der Waals surface area contributed by atoms with Crippen LogP contribution in [0.1, 0.15) is 24.0 Å². The van der Waals surface area contributed by atoms with Crippen LogP contribution in [-0.2, 0) is 9.59 Å². The lowest BCUT2D eigenvalue weighted by molar-refractivity contribution is -0.384. The van der Waals surface area contributed by atoms with Gasteiger partial charge in [-0.3, -0.25) is 19.7 Å². The van der Waals surface area contributed by atoms with Gasteiger partial charge in [0.2, 0.25) is 11.8 Å². The van der Waals surface area contributed by atoms with E-state index in [0.29, 0.717) is 16.9 Å². The molecule has 2 aromatic carbocycles. The van der Waals surface area contributed by atoms with Crippen LogP contribution in [0.2, 0.25) is 0 Å². The van der Waals surface area contributed by atoms with Gasteiger partial charge in [-0.05, 0) is 61.2 Å². The Hall–Kier alpha value is -3.48. The highest BCUT2D eigenvalue weighted by Gasteiger charge is 2.29. The molecule has 2 amide bonds. The summed E-state index contributed by atoms with van der Waals surface area (Å²) >= 11 is 0. The Bertz CT molecular complexity index is 915. The molecule has 0 aliphatic heterocycles. The van der Waals surface area contributed by atoms with Gasteiger partial charge in [0.15, 0.2) is 0 Å². The topological polar surface area (TPSA) is 101 Å². The standard InChI is InChI=1S/C20H19N3O4/c1-13-2-8-16(21-20(25)15-6-7-15)12-18(13)22-19(24)11-5-14-3-9-17(10-4-14)23(26)27/h2-5,8-12,15H,6-7H2,1H3,(H,21,25)(H,22,24). The van der Waals surface area contributed by atoms with Gasteiger partial charge < -0.3 is 10.6 Å². The van der Waals surface area contributed by atoms with Crippen LogP contribution in [0.3, 0.4) is 0 Å². The minimum Gasteiger partial charge on any atom is -0.326 e. The van der Waals surface area contributed by atoms with Crippen LogP contribution in [0.15, 0.2) is 48.5 Å². The van der Waals surface area contributed by atoms with Crippen LogP contribution in [0.25, 0.3) is 6.08 Å². The lowest BCUT2D eigenvalue weighted by Crippen LogP contribution is -2.14. The van der Waals surface area contributed by atoms with Gasteiger partial charge in [-0.1, -0.05) is 6.07 Å². The first kappa shape index (κ1) is 18.3. The largest absolute Gasteiger partial charge is 0.326 e. The predicted molar refractivity (Wildman–Crippen MR) is 103 cm³/mol. The number of nitro benzene ring substituents is 1. The molecule has 0 unspecified atom stereocenters. The van der Waals surface area contributed by atoms with Gasteiger partial charge >= 0.3 is 0 Å². The lowest BCUT2D eigenvalue weighted by atomic mass is 10.1. The molecule has 1 saturated carbocycles. The van der Waals surface area contributed by atoms with E-state index < -0.39 is 4.92 Å². The molecule has 0 heterocycles. The summed E-state index contributed by atoms with van der Waals surface area (Å²) in [7, 11) is 0. The monoisotopic (exact) mass is 365 g/mol. The van der Waals surface area contributed by atoms with Crippen molar-refractivity contribution in [1.29, 1.82) is 0 Å². The summed E-state index contributed by atoms with van der Waals surface area (Å²) in [4.78, 5) is 34.2. The Morgan fingerprint density at radius 3 is 2.44 bits per heavy atom. The number of carbonyl (C=O) groups excluding carboxylic acids is 2. The second-order valence-electron chi connectivity index (χ2n) is 6.46. The number of carbonyl (C=O) groups is 2. The number of hydrogen-bond acceptors (Lipinski definition) is 4. The highest BCUT2D eigenvalue weighted by molar-refractivity contribution is 6.03. The average molecular weight is 365 g/mol. The SMILES string of the molecule is Cc1ccc(NC(=O)C2CC2)cc1NC(=O)C=Cc1ccc([N+](=O)[O-])cc1. The van der Waals surface area contributed by atoms with Crippen molar-refractivity contribution in [2.45, 2.75) is 19.8 Å². The summed E-state index contributed by atoms with van der Waals surface area (Å²) in [5, 5.41) is 16.3. The molecule has 0 bridgehead atoms. The van der Waals surface area contributed by atoms with Gasteiger partial charge in [-0.15, -0.1) is 0 Å². The van der Waals surface area contributed by atoms with E-state index in [1.165, 1.54) is 18.2 Å². The van der Waals surface area contributed by atoms with E-state index in [0.717, 1.165) is 18.4 Å². The molecule has 2 aromatic rings. The third kappa shape index (κ3) is 5.01. The van der Waals surface area contributed by atoms with Gasteiger partial charge in [-0.25, -0.2) is 0 Å². The van der Waals surface area contributed by atoms with E-state index in [-0.39, 0.29) is 23.4 Å². The first-order chi connectivity index (χ1) is 12.9. The molecule has 0 radical (unpaired) electrons. The number of nitro groups is 1. The van der Waals surface area contributed by atoms with Crippen molar-refractivity contribution in [2.75, 3.05) is 10.6 Å². The molecular weight excluding hydrogens is 346 g/mol. The second kappa shape index (κ2) is 7.82. The highest BCUT2D eigenvalue weighted by atomic mass is 16.6. The van der Waals surface area contributed by atoms with E-state index in [9.17, 15) is 19.7 Å². The molecule has 3 rings (SSSR count). The van der Waals surface area contributed by atoms with Crippen molar-refractivity contribution < 1.29 is 14.5 Å². The first-order valence-corrected chi connectivity index (χ1v) is 8.57. The number of non-ortho nitro benzene ring substituents is 1. The lowest BCUT2D eigenvalue weighted by Gasteiger charge is -2.10. The summed E-state index contributed by atoms with van der Waals surface area (Å²) in [5.41, 5.74) is 2.81. The minimum atomic E-state index is -0.474. The quantitative estimate of drug-likeness (QED) is 0.460. The molecule has 7 nitrogen and oxygen atoms in total. The smallest absolute Gasteiger partial charge is 0.269 e. The molecule has 7 heteroatoms. The molecule has 1 aliphatic carbocycles. The molecule has 138 valence electrons. The molecule has 27 heavy (non-hydrogen) atoms. The molecule has 0 saturated heterocycles. The molecule has 0 atom stereocenters. The molecule has 0 spiro atoms. The zero-order chi connectivity index (χ0) is 19.4. The van der Waals surface area contributed by atoms with Crippen LogP contribution >= 0.6 is 0 Å². The van der Waals surface area contributed by atoms with Crippen LogP contribution in [0.4, 0.5) is 17.1 Å². The summed E-state index contributed by atoms with van der Waals surface area (Å²) in [6.45, 7) is 1.86. The summed E-state index contributed by atoms with van der Waals surface area (Å²) in [6.07, 6.45) is 4.78. The molecule has 2 N–H and O–H groups in total. The maximum Gasteiger partial charge on any atom is 0.269 e. The van der Waals surface area contributed by atoms with Crippen molar-refractivity contribution in [3.63, 3.8) is 0 Å². The van der Waals surface area contributed by atoms with Gasteiger partial charge in [0.05, 0.1) is 4.92 Å². The minimum absolute atomic E-state index is 0.00251. The van der Waals surface area contributed by atoms with Crippen molar-refractivity contribution >= 4 is 35.0 Å². The summed E-state index contributed by atoms with van der Waals surface area (Å²) in [5.74, 6) is -0.217. The van der Waals surface area contributed by atoms with Gasteiger partial charge in [-0.2, -0.15) is 0 Å². The number of nitrogens with zero attached hydrogens (tertiary/aromatic N) is 1. The fourth-order valence-corrected chi connectivity index (χ4v) is 2.48. The Kier molecular flexibility index (Phi) is 5.30. The zero-order valence-electron chi connectivity index (χ0n) is 14.8. The van der Waals surface area contributed by atoms with Gasteiger partial charge in [0.25, 0.3) is 5.69 Å². The van der Waals surface area contributed by atoms with Gasteiger partial charge in [0.1, 0.15) is 0 Å². The fraction of sp³-hybridized carbons (Fsp3) is 0.200. The number of amides is 2. The third-order valence-corrected chi connectivity index (χ3v) is 4.24.